The maximum atomic E-state index is 13.3. The first-order valence-corrected chi connectivity index (χ1v) is 11.9. The molecule has 3 atom stereocenters. The van der Waals surface area contributed by atoms with E-state index in [0.29, 0.717) is 30.0 Å². The third-order valence-electron chi connectivity index (χ3n) is 7.36. The molecule has 5 nitrogen and oxygen atoms in total. The van der Waals surface area contributed by atoms with Crippen molar-refractivity contribution in [3.8, 4) is 0 Å². The number of nitrogens with zero attached hydrogens (tertiary/aromatic N) is 1. The lowest BCUT2D eigenvalue weighted by Crippen LogP contribution is -2.31. The number of carbonyl (C=O) groups excluding carboxylic acids is 3. The Labute approximate surface area is 188 Å². The molecule has 5 rings (SSSR count). The van der Waals surface area contributed by atoms with Crippen LogP contribution in [0.3, 0.4) is 0 Å². The van der Waals surface area contributed by atoms with Crippen molar-refractivity contribution in [1.82, 2.24) is 0 Å². The van der Waals surface area contributed by atoms with Crippen molar-refractivity contribution >= 4 is 23.5 Å². The molecule has 1 heterocycles. The second kappa shape index (κ2) is 8.89. The van der Waals surface area contributed by atoms with Crippen molar-refractivity contribution in [1.29, 1.82) is 0 Å². The van der Waals surface area contributed by atoms with Gasteiger partial charge in [0.2, 0.25) is 11.8 Å². The van der Waals surface area contributed by atoms with E-state index in [2.05, 4.69) is 12.1 Å². The predicted molar refractivity (Wildman–Crippen MR) is 121 cm³/mol. The third-order valence-corrected chi connectivity index (χ3v) is 7.36. The first-order chi connectivity index (χ1) is 15.6. The van der Waals surface area contributed by atoms with E-state index in [1.807, 2.05) is 18.2 Å². The SMILES string of the molecule is O=C(OC1CCCCC1)c1cccc(N2C(=O)[C@@H]3CC[C@@H](c4ccccc4)C[C@H]3C2=O)c1. The van der Waals surface area contributed by atoms with E-state index < -0.39 is 0 Å². The van der Waals surface area contributed by atoms with Gasteiger partial charge in [0, 0.05) is 0 Å². The van der Waals surface area contributed by atoms with Gasteiger partial charge in [-0.2, -0.15) is 0 Å². The Hall–Kier alpha value is -2.95. The van der Waals surface area contributed by atoms with Crippen molar-refractivity contribution in [3.63, 3.8) is 0 Å². The molecule has 2 amide bonds. The molecular formula is C27H29NO4. The molecule has 2 aromatic carbocycles. The van der Waals surface area contributed by atoms with Crippen LogP contribution in [0, 0.1) is 11.8 Å². The summed E-state index contributed by atoms with van der Waals surface area (Å²) in [5.74, 6) is -0.910. The minimum atomic E-state index is -0.376. The Kier molecular flexibility index (Phi) is 5.81. The summed E-state index contributed by atoms with van der Waals surface area (Å²) in [7, 11) is 0. The summed E-state index contributed by atoms with van der Waals surface area (Å²) in [5.41, 5.74) is 2.10. The topological polar surface area (TPSA) is 63.7 Å². The maximum absolute atomic E-state index is 13.3. The molecule has 3 aliphatic rings. The number of carbonyl (C=O) groups is 3. The van der Waals surface area contributed by atoms with Crippen molar-refractivity contribution in [2.45, 2.75) is 63.4 Å². The summed E-state index contributed by atoms with van der Waals surface area (Å²) in [6.45, 7) is 0. The standard InChI is InChI=1S/C27H29NO4/c29-25-23-15-14-19(18-8-3-1-4-9-18)17-24(23)26(30)28(25)21-11-7-10-20(16-21)27(31)32-22-12-5-2-6-13-22/h1,3-4,7-11,16,19,22-24H,2,5-6,12-15,17H2/t19-,23-,24-/m1/s1. The molecule has 0 aromatic heterocycles. The van der Waals surface area contributed by atoms with Crippen molar-refractivity contribution < 1.29 is 19.1 Å². The molecule has 32 heavy (non-hydrogen) atoms. The molecule has 0 spiro atoms. The summed E-state index contributed by atoms with van der Waals surface area (Å²) in [4.78, 5) is 40.5. The lowest BCUT2D eigenvalue weighted by Gasteiger charge is -2.28. The van der Waals surface area contributed by atoms with Gasteiger partial charge in [-0.3, -0.25) is 14.5 Å². The van der Waals surface area contributed by atoms with Gasteiger partial charge in [0.05, 0.1) is 23.1 Å². The highest BCUT2D eigenvalue weighted by molar-refractivity contribution is 6.22. The zero-order valence-corrected chi connectivity index (χ0v) is 18.2. The fraction of sp³-hybridized carbons (Fsp3) is 0.444. The van der Waals surface area contributed by atoms with Crippen LogP contribution in [0.15, 0.2) is 54.6 Å². The number of fused-ring (bicyclic) bond motifs is 1. The number of esters is 1. The molecule has 166 valence electrons. The lowest BCUT2D eigenvalue weighted by molar-refractivity contribution is -0.122. The van der Waals surface area contributed by atoms with Crippen LogP contribution in [0.25, 0.3) is 0 Å². The number of hydrogen-bond acceptors (Lipinski definition) is 4. The Morgan fingerprint density at radius 3 is 2.34 bits per heavy atom. The van der Waals surface area contributed by atoms with Gasteiger partial charge in [0.1, 0.15) is 6.10 Å². The van der Waals surface area contributed by atoms with Crippen LogP contribution in [-0.4, -0.2) is 23.9 Å². The molecule has 2 aliphatic carbocycles. The molecule has 0 N–H and O–H groups in total. The number of hydrogen-bond donors (Lipinski definition) is 0. The number of benzene rings is 2. The Morgan fingerprint density at radius 2 is 1.56 bits per heavy atom. The van der Waals surface area contributed by atoms with Crippen LogP contribution >= 0.6 is 0 Å². The molecule has 3 fully saturated rings. The molecule has 0 radical (unpaired) electrons. The molecule has 1 aliphatic heterocycles. The van der Waals surface area contributed by atoms with Gasteiger partial charge in [-0.1, -0.05) is 42.8 Å². The average Bonchev–Trinajstić information content (AvgIpc) is 3.09. The fourth-order valence-electron chi connectivity index (χ4n) is 5.64. The first kappa shape index (κ1) is 20.9. The summed E-state index contributed by atoms with van der Waals surface area (Å²) >= 11 is 0. The Morgan fingerprint density at radius 1 is 0.812 bits per heavy atom. The van der Waals surface area contributed by atoms with Crippen LogP contribution in [0.1, 0.15) is 73.2 Å². The van der Waals surface area contributed by atoms with Crippen molar-refractivity contribution in [2.75, 3.05) is 4.90 Å². The van der Waals surface area contributed by atoms with Gasteiger partial charge >= 0.3 is 5.97 Å². The van der Waals surface area contributed by atoms with E-state index in [0.717, 1.165) is 32.1 Å². The van der Waals surface area contributed by atoms with E-state index in [4.69, 9.17) is 4.74 Å². The van der Waals surface area contributed by atoms with E-state index >= 15 is 0 Å². The van der Waals surface area contributed by atoms with Crippen LogP contribution in [0.4, 0.5) is 5.69 Å². The van der Waals surface area contributed by atoms with Crippen molar-refractivity contribution in [2.24, 2.45) is 11.8 Å². The third kappa shape index (κ3) is 3.96. The quantitative estimate of drug-likeness (QED) is 0.490. The summed E-state index contributed by atoms with van der Waals surface area (Å²) in [5, 5.41) is 0. The zero-order valence-electron chi connectivity index (χ0n) is 18.2. The highest BCUT2D eigenvalue weighted by Crippen LogP contribution is 2.45. The first-order valence-electron chi connectivity index (χ1n) is 11.9. The maximum Gasteiger partial charge on any atom is 0.338 e. The molecule has 2 saturated carbocycles. The zero-order chi connectivity index (χ0) is 22.1. The van der Waals surface area contributed by atoms with Gasteiger partial charge in [0.15, 0.2) is 0 Å². The fourth-order valence-corrected chi connectivity index (χ4v) is 5.64. The number of imide groups is 1. The molecular weight excluding hydrogens is 402 g/mol. The van der Waals surface area contributed by atoms with Crippen LogP contribution in [0.2, 0.25) is 0 Å². The highest BCUT2D eigenvalue weighted by atomic mass is 16.5. The number of amides is 2. The second-order valence-corrected chi connectivity index (χ2v) is 9.36. The van der Waals surface area contributed by atoms with Gasteiger partial charge in [0.25, 0.3) is 0 Å². The predicted octanol–water partition coefficient (Wildman–Crippen LogP) is 5.25. The van der Waals surface area contributed by atoms with Gasteiger partial charge in [-0.25, -0.2) is 4.79 Å². The molecule has 1 saturated heterocycles. The average molecular weight is 432 g/mol. The van der Waals surface area contributed by atoms with E-state index in [1.165, 1.54) is 16.9 Å². The largest absolute Gasteiger partial charge is 0.459 e. The smallest absolute Gasteiger partial charge is 0.338 e. The summed E-state index contributed by atoms with van der Waals surface area (Å²) < 4.78 is 5.68. The Bertz CT molecular complexity index is 1010. The normalized spacial score (nSPS) is 26.1. The summed E-state index contributed by atoms with van der Waals surface area (Å²) in [6, 6.07) is 17.0. The van der Waals surface area contributed by atoms with Gasteiger partial charge in [-0.15, -0.1) is 0 Å². The van der Waals surface area contributed by atoms with E-state index in [-0.39, 0.29) is 35.7 Å². The Balaban J connectivity index is 1.33. The molecule has 5 heteroatoms. The monoisotopic (exact) mass is 431 g/mol. The van der Waals surface area contributed by atoms with E-state index in [1.54, 1.807) is 24.3 Å². The number of anilines is 1. The molecule has 0 unspecified atom stereocenters. The minimum absolute atomic E-state index is 0.0345. The number of ether oxygens (including phenoxy) is 1. The van der Waals surface area contributed by atoms with E-state index in [9.17, 15) is 14.4 Å². The van der Waals surface area contributed by atoms with Crippen LogP contribution in [-0.2, 0) is 14.3 Å². The minimum Gasteiger partial charge on any atom is -0.459 e. The molecule has 0 bridgehead atoms. The lowest BCUT2D eigenvalue weighted by atomic mass is 9.73. The van der Waals surface area contributed by atoms with Gasteiger partial charge in [-0.05, 0) is 74.6 Å². The van der Waals surface area contributed by atoms with Crippen LogP contribution < -0.4 is 4.90 Å². The summed E-state index contributed by atoms with van der Waals surface area (Å²) in [6.07, 6.45) is 7.45. The number of rotatable bonds is 4. The van der Waals surface area contributed by atoms with Crippen LogP contribution in [0.5, 0.6) is 0 Å². The second-order valence-electron chi connectivity index (χ2n) is 9.36. The van der Waals surface area contributed by atoms with Crippen molar-refractivity contribution in [3.05, 3.63) is 65.7 Å². The highest BCUT2D eigenvalue weighted by Gasteiger charge is 2.50. The molecule has 2 aromatic rings. The van der Waals surface area contributed by atoms with Gasteiger partial charge < -0.3 is 4.74 Å².